The number of hydrazone groups is 1. The van der Waals surface area contributed by atoms with Gasteiger partial charge in [0.1, 0.15) is 5.82 Å². The van der Waals surface area contributed by atoms with Crippen molar-refractivity contribution in [2.75, 3.05) is 32.9 Å². The number of sulfonamides is 1. The molecule has 0 unspecified atom stereocenters. The van der Waals surface area contributed by atoms with Crippen LogP contribution in [0.2, 0.25) is 0 Å². The number of fused-ring (bicyclic) bond motifs is 2. The Morgan fingerprint density at radius 1 is 1.24 bits per heavy atom. The molecule has 1 N–H and O–H groups in total. The molecule has 150 valence electrons. The summed E-state index contributed by atoms with van der Waals surface area (Å²) in [6, 6.07) is 3.10. The number of nitrogens with one attached hydrogen (secondary N) is 1. The molecule has 0 fully saturated rings. The topological polar surface area (TPSA) is 65.0 Å². The Morgan fingerprint density at radius 2 is 2.07 bits per heavy atom. The molecule has 0 saturated heterocycles. The highest BCUT2D eigenvalue weighted by atomic mass is 32.2. The zero-order valence-corrected chi connectivity index (χ0v) is 17.1. The summed E-state index contributed by atoms with van der Waals surface area (Å²) in [6.45, 7) is 1.49. The lowest BCUT2D eigenvalue weighted by Crippen LogP contribution is -2.35. The van der Waals surface area contributed by atoms with E-state index in [0.29, 0.717) is 26.1 Å². The van der Waals surface area contributed by atoms with E-state index in [2.05, 4.69) is 15.4 Å². The van der Waals surface area contributed by atoms with Crippen molar-refractivity contribution in [3.05, 3.63) is 69.8 Å². The zero-order chi connectivity index (χ0) is 20.3. The van der Waals surface area contributed by atoms with E-state index >= 15 is 0 Å². The van der Waals surface area contributed by atoms with E-state index in [1.54, 1.807) is 6.07 Å². The first kappa shape index (κ1) is 18.3. The van der Waals surface area contributed by atoms with E-state index in [0.717, 1.165) is 44.8 Å². The molecule has 4 aliphatic rings. The maximum absolute atomic E-state index is 14.3. The Balaban J connectivity index is 1.64. The van der Waals surface area contributed by atoms with Crippen LogP contribution in [0.25, 0.3) is 11.6 Å². The summed E-state index contributed by atoms with van der Waals surface area (Å²) in [5.41, 5.74) is 10.6. The second-order valence-corrected chi connectivity index (χ2v) is 9.75. The molecule has 1 aromatic rings. The number of hydrogen-bond acceptors (Lipinski definition) is 5. The van der Waals surface area contributed by atoms with Crippen molar-refractivity contribution in [1.29, 1.82) is 0 Å². The Morgan fingerprint density at radius 3 is 2.79 bits per heavy atom. The smallest absolute Gasteiger partial charge is 0.211 e. The van der Waals surface area contributed by atoms with Crippen molar-refractivity contribution in [3.63, 3.8) is 0 Å². The minimum absolute atomic E-state index is 0.276. The van der Waals surface area contributed by atoms with Crippen LogP contribution in [0.15, 0.2) is 52.4 Å². The molecule has 1 aromatic carbocycles. The van der Waals surface area contributed by atoms with Gasteiger partial charge in [-0.15, -0.1) is 0 Å². The van der Waals surface area contributed by atoms with Gasteiger partial charge in [0, 0.05) is 49.6 Å². The average molecular weight is 412 g/mol. The molecule has 0 saturated carbocycles. The van der Waals surface area contributed by atoms with E-state index in [1.165, 1.54) is 16.6 Å². The number of likely N-dealkylation sites (N-methyl/N-ethyl adjacent to an activating group) is 1. The maximum atomic E-state index is 14.3. The van der Waals surface area contributed by atoms with Crippen LogP contribution in [0.1, 0.15) is 23.1 Å². The fourth-order valence-corrected chi connectivity index (χ4v) is 5.13. The predicted octanol–water partition coefficient (Wildman–Crippen LogP) is 2.29. The lowest BCUT2D eigenvalue weighted by atomic mass is 9.88. The van der Waals surface area contributed by atoms with Crippen LogP contribution in [0.3, 0.4) is 0 Å². The van der Waals surface area contributed by atoms with Gasteiger partial charge in [-0.3, -0.25) is 5.43 Å². The van der Waals surface area contributed by atoms with E-state index in [1.807, 2.05) is 31.5 Å². The minimum Gasteiger partial charge on any atom is -0.375 e. The van der Waals surface area contributed by atoms with Crippen LogP contribution >= 0.6 is 0 Å². The molecule has 6 nitrogen and oxygen atoms in total. The molecule has 29 heavy (non-hydrogen) atoms. The monoisotopic (exact) mass is 412 g/mol. The summed E-state index contributed by atoms with van der Waals surface area (Å²) >= 11 is 0. The summed E-state index contributed by atoms with van der Waals surface area (Å²) < 4.78 is 39.5. The molecule has 3 heterocycles. The van der Waals surface area contributed by atoms with Crippen LogP contribution in [0, 0.1) is 5.82 Å². The van der Waals surface area contributed by atoms with Crippen molar-refractivity contribution in [1.82, 2.24) is 14.6 Å². The number of nitrogens with zero attached hydrogens (tertiary/aromatic N) is 3. The summed E-state index contributed by atoms with van der Waals surface area (Å²) in [5, 5.41) is 4.58. The molecule has 0 bridgehead atoms. The molecule has 0 spiro atoms. The second kappa shape index (κ2) is 6.40. The van der Waals surface area contributed by atoms with Crippen LogP contribution in [0.5, 0.6) is 0 Å². The molecule has 0 aromatic heterocycles. The third-order valence-electron chi connectivity index (χ3n) is 5.75. The van der Waals surface area contributed by atoms with Gasteiger partial charge in [0.2, 0.25) is 10.0 Å². The number of halogens is 1. The molecular formula is C21H21FN4O2S. The first-order valence-electron chi connectivity index (χ1n) is 9.47. The molecule has 0 amide bonds. The molecule has 1 aliphatic carbocycles. The molecule has 3 aliphatic heterocycles. The van der Waals surface area contributed by atoms with E-state index in [4.69, 9.17) is 0 Å². The molecule has 0 atom stereocenters. The van der Waals surface area contributed by atoms with Gasteiger partial charge in [0.25, 0.3) is 0 Å². The molecule has 8 heteroatoms. The fourth-order valence-electron chi connectivity index (χ4n) is 4.36. The Hall–Kier alpha value is -2.71. The third-order valence-corrected chi connectivity index (χ3v) is 7.02. The van der Waals surface area contributed by atoms with Gasteiger partial charge in [-0.1, -0.05) is 12.2 Å². The van der Waals surface area contributed by atoms with Gasteiger partial charge < -0.3 is 4.90 Å². The summed E-state index contributed by atoms with van der Waals surface area (Å²) in [4.78, 5) is 2.07. The maximum Gasteiger partial charge on any atom is 0.211 e. The van der Waals surface area contributed by atoms with Gasteiger partial charge in [-0.25, -0.2) is 12.8 Å². The highest BCUT2D eigenvalue weighted by molar-refractivity contribution is 7.88. The van der Waals surface area contributed by atoms with Gasteiger partial charge in [0.05, 0.1) is 17.7 Å². The number of benzene rings is 1. The number of rotatable bonds is 2. The number of allylic oxidation sites excluding steroid dienone is 2. The lowest BCUT2D eigenvalue weighted by molar-refractivity contribution is 0.431. The number of hydrogen-bond donors (Lipinski definition) is 1. The first-order chi connectivity index (χ1) is 13.8. The standard InChI is InChI=1S/C21H21FN4O2S/c1-25-11-17(13-5-7-26(8-6-13)29(2,27)28)21-18(12-25)16-10-15(22)9-14-3-4-19(20(14)16)23-24-21/h3-5,9-10,12,24H,6-8,11H2,1-2H3. The summed E-state index contributed by atoms with van der Waals surface area (Å²) in [7, 11) is -1.22. The van der Waals surface area contributed by atoms with Crippen LogP contribution in [-0.4, -0.2) is 56.3 Å². The Labute approximate surface area is 169 Å². The fraction of sp³-hybridized carbons (Fsp3) is 0.286. The quantitative estimate of drug-likeness (QED) is 0.810. The van der Waals surface area contributed by atoms with Crippen molar-refractivity contribution >= 4 is 27.4 Å². The van der Waals surface area contributed by atoms with Crippen LogP contribution in [-0.2, 0) is 10.0 Å². The van der Waals surface area contributed by atoms with E-state index in [9.17, 15) is 12.8 Å². The Kier molecular flexibility index (Phi) is 4.04. The molecule has 5 rings (SSSR count). The van der Waals surface area contributed by atoms with Crippen molar-refractivity contribution in [2.24, 2.45) is 5.10 Å². The van der Waals surface area contributed by atoms with Crippen molar-refractivity contribution in [2.45, 2.75) is 6.42 Å². The van der Waals surface area contributed by atoms with Crippen molar-refractivity contribution < 1.29 is 12.8 Å². The average Bonchev–Trinajstić information content (AvgIpc) is 3.00. The third kappa shape index (κ3) is 3.03. The highest BCUT2D eigenvalue weighted by Crippen LogP contribution is 2.39. The van der Waals surface area contributed by atoms with E-state index < -0.39 is 10.0 Å². The summed E-state index contributed by atoms with van der Waals surface area (Å²) in [5.74, 6) is -0.276. The van der Waals surface area contributed by atoms with Gasteiger partial charge in [-0.05, 0) is 41.3 Å². The Bertz CT molecular complexity index is 1190. The van der Waals surface area contributed by atoms with E-state index in [-0.39, 0.29) is 5.82 Å². The molecular weight excluding hydrogens is 391 g/mol. The first-order valence-corrected chi connectivity index (χ1v) is 11.3. The van der Waals surface area contributed by atoms with Crippen molar-refractivity contribution in [3.8, 4) is 0 Å². The highest BCUT2D eigenvalue weighted by Gasteiger charge is 2.31. The predicted molar refractivity (Wildman–Crippen MR) is 112 cm³/mol. The minimum atomic E-state index is -3.21. The molecule has 0 radical (unpaired) electrons. The largest absolute Gasteiger partial charge is 0.375 e. The van der Waals surface area contributed by atoms with Gasteiger partial charge >= 0.3 is 0 Å². The lowest BCUT2D eigenvalue weighted by Gasteiger charge is -2.32. The summed E-state index contributed by atoms with van der Waals surface area (Å²) in [6.07, 6.45) is 9.64. The van der Waals surface area contributed by atoms with Gasteiger partial charge in [0.15, 0.2) is 0 Å². The normalized spacial score (nSPS) is 21.1. The second-order valence-electron chi connectivity index (χ2n) is 7.77. The van der Waals surface area contributed by atoms with Crippen LogP contribution in [0.4, 0.5) is 4.39 Å². The van der Waals surface area contributed by atoms with Crippen LogP contribution < -0.4 is 5.43 Å². The zero-order valence-electron chi connectivity index (χ0n) is 16.2. The SMILES string of the molecule is CN1C=C2C(=C(C3=CCN(S(C)(=O)=O)CC3)C1)NN=C1C=Cc3cc(F)cc2c31. The van der Waals surface area contributed by atoms with Gasteiger partial charge in [-0.2, -0.15) is 9.41 Å².